The van der Waals surface area contributed by atoms with Crippen LogP contribution in [-0.4, -0.2) is 26.0 Å². The zero-order chi connectivity index (χ0) is 14.9. The summed E-state index contributed by atoms with van der Waals surface area (Å²) in [5, 5.41) is 0. The second kappa shape index (κ2) is 5.70. The van der Waals surface area contributed by atoms with E-state index in [0.29, 0.717) is 11.2 Å². The summed E-state index contributed by atoms with van der Waals surface area (Å²) >= 11 is 0. The number of nitrogens with zero attached hydrogens (tertiary/aromatic N) is 1. The fraction of sp³-hybridized carbons (Fsp3) is 0.611. The Bertz CT molecular complexity index is 522. The van der Waals surface area contributed by atoms with E-state index in [9.17, 15) is 4.79 Å². The van der Waals surface area contributed by atoms with Crippen LogP contribution in [0.3, 0.4) is 0 Å². The lowest BCUT2D eigenvalue weighted by Gasteiger charge is -2.41. The molecule has 1 saturated carbocycles. The summed E-state index contributed by atoms with van der Waals surface area (Å²) in [7, 11) is 1.63. The van der Waals surface area contributed by atoms with Crippen LogP contribution in [0.15, 0.2) is 18.2 Å². The first-order valence-electron chi connectivity index (χ1n) is 8.08. The third kappa shape index (κ3) is 2.66. The lowest BCUT2D eigenvalue weighted by atomic mass is 9.77. The Labute approximate surface area is 127 Å². The second-order valence-electron chi connectivity index (χ2n) is 6.60. The molecule has 3 nitrogen and oxygen atoms in total. The van der Waals surface area contributed by atoms with Gasteiger partial charge in [0.2, 0.25) is 0 Å². The number of piperidine rings is 1. The minimum absolute atomic E-state index is 0.0867. The Balaban J connectivity index is 1.83. The van der Waals surface area contributed by atoms with Crippen LogP contribution in [0.1, 0.15) is 55.8 Å². The van der Waals surface area contributed by atoms with Crippen molar-refractivity contribution in [1.82, 2.24) is 0 Å². The Hall–Kier alpha value is -1.51. The smallest absolute Gasteiger partial charge is 0.165 e. The van der Waals surface area contributed by atoms with E-state index in [0.717, 1.165) is 24.3 Å². The lowest BCUT2D eigenvalue weighted by molar-refractivity contribution is 0.101. The van der Waals surface area contributed by atoms with Gasteiger partial charge in [0.1, 0.15) is 5.75 Å². The number of ketones is 1. The molecule has 1 aromatic rings. The maximum absolute atomic E-state index is 12.0. The highest BCUT2D eigenvalue weighted by atomic mass is 16.5. The molecule has 1 spiro atoms. The Morgan fingerprint density at radius 3 is 2.38 bits per heavy atom. The van der Waals surface area contributed by atoms with Crippen LogP contribution in [-0.2, 0) is 0 Å². The summed E-state index contributed by atoms with van der Waals surface area (Å²) in [6.07, 6.45) is 8.13. The predicted octanol–water partition coefficient (Wildman–Crippen LogP) is 4.06. The fourth-order valence-electron chi connectivity index (χ4n) is 4.15. The molecule has 0 aromatic heterocycles. The maximum Gasteiger partial charge on any atom is 0.165 e. The highest BCUT2D eigenvalue weighted by Crippen LogP contribution is 2.47. The Kier molecular flexibility index (Phi) is 3.92. The number of carbonyl (C=O) groups excluding carboxylic acids is 1. The predicted molar refractivity (Wildman–Crippen MR) is 85.3 cm³/mol. The van der Waals surface area contributed by atoms with E-state index >= 15 is 0 Å². The first kappa shape index (κ1) is 14.4. The fourth-order valence-corrected chi connectivity index (χ4v) is 4.15. The molecule has 2 fully saturated rings. The standard InChI is InChI=1S/C18H25NO2/c1-14(20)17-15(6-5-7-16(17)21-2)19-12-10-18(11-13-19)8-3-4-9-18/h5-7H,3-4,8-13H2,1-2H3. The first-order valence-corrected chi connectivity index (χ1v) is 8.08. The van der Waals surface area contributed by atoms with E-state index in [4.69, 9.17) is 4.74 Å². The molecular formula is C18H25NO2. The van der Waals surface area contributed by atoms with Crippen LogP contribution in [0.2, 0.25) is 0 Å². The second-order valence-corrected chi connectivity index (χ2v) is 6.60. The molecule has 1 aromatic carbocycles. The van der Waals surface area contributed by atoms with Crippen LogP contribution >= 0.6 is 0 Å². The van der Waals surface area contributed by atoms with Gasteiger partial charge >= 0.3 is 0 Å². The van der Waals surface area contributed by atoms with Crippen LogP contribution in [0, 0.1) is 5.41 Å². The number of carbonyl (C=O) groups is 1. The van der Waals surface area contributed by atoms with Gasteiger partial charge in [-0.1, -0.05) is 18.9 Å². The van der Waals surface area contributed by atoms with Crippen molar-refractivity contribution in [3.63, 3.8) is 0 Å². The number of anilines is 1. The molecule has 114 valence electrons. The Morgan fingerprint density at radius 2 is 1.81 bits per heavy atom. The maximum atomic E-state index is 12.0. The molecule has 2 aliphatic rings. The van der Waals surface area contributed by atoms with Crippen LogP contribution in [0.5, 0.6) is 5.75 Å². The average Bonchev–Trinajstić information content (AvgIpc) is 2.95. The summed E-state index contributed by atoms with van der Waals surface area (Å²) in [4.78, 5) is 14.4. The molecule has 21 heavy (non-hydrogen) atoms. The molecule has 1 heterocycles. The summed E-state index contributed by atoms with van der Waals surface area (Å²) in [5.41, 5.74) is 2.39. The van der Waals surface area contributed by atoms with Gasteiger partial charge in [0, 0.05) is 13.1 Å². The molecule has 0 atom stereocenters. The normalized spacial score (nSPS) is 20.8. The topological polar surface area (TPSA) is 29.5 Å². The lowest BCUT2D eigenvalue weighted by Crippen LogP contribution is -2.39. The number of Topliss-reactive ketones (excluding diaryl/α,β-unsaturated/α-hetero) is 1. The zero-order valence-electron chi connectivity index (χ0n) is 13.2. The monoisotopic (exact) mass is 287 g/mol. The van der Waals surface area contributed by atoms with Crippen molar-refractivity contribution >= 4 is 11.5 Å². The van der Waals surface area contributed by atoms with Crippen molar-refractivity contribution in [2.45, 2.75) is 45.4 Å². The highest BCUT2D eigenvalue weighted by molar-refractivity contribution is 6.02. The van der Waals surface area contributed by atoms with Crippen molar-refractivity contribution in [3.05, 3.63) is 23.8 Å². The van der Waals surface area contributed by atoms with E-state index in [1.54, 1.807) is 14.0 Å². The SMILES string of the molecule is COc1cccc(N2CCC3(CCCC3)CC2)c1C(C)=O. The molecule has 3 rings (SSSR count). The van der Waals surface area contributed by atoms with Gasteiger partial charge in [0.25, 0.3) is 0 Å². The third-order valence-electron chi connectivity index (χ3n) is 5.41. The van der Waals surface area contributed by atoms with Gasteiger partial charge in [0.15, 0.2) is 5.78 Å². The van der Waals surface area contributed by atoms with Gasteiger partial charge in [-0.05, 0) is 50.2 Å². The summed E-state index contributed by atoms with van der Waals surface area (Å²) in [5.74, 6) is 0.782. The van der Waals surface area contributed by atoms with Crippen molar-refractivity contribution < 1.29 is 9.53 Å². The van der Waals surface area contributed by atoms with E-state index in [-0.39, 0.29) is 5.78 Å². The van der Waals surface area contributed by atoms with E-state index in [1.807, 2.05) is 12.1 Å². The minimum atomic E-state index is 0.0867. The number of benzene rings is 1. The van der Waals surface area contributed by atoms with Crippen molar-refractivity contribution in [2.24, 2.45) is 5.41 Å². The molecule has 0 amide bonds. The average molecular weight is 287 g/mol. The molecule has 0 unspecified atom stereocenters. The molecule has 1 saturated heterocycles. The number of hydrogen-bond donors (Lipinski definition) is 0. The van der Waals surface area contributed by atoms with Gasteiger partial charge in [-0.15, -0.1) is 0 Å². The highest BCUT2D eigenvalue weighted by Gasteiger charge is 2.37. The van der Waals surface area contributed by atoms with Gasteiger partial charge in [0.05, 0.1) is 18.4 Å². The summed E-state index contributed by atoms with van der Waals surface area (Å²) < 4.78 is 5.38. The quantitative estimate of drug-likeness (QED) is 0.785. The Morgan fingerprint density at radius 1 is 1.14 bits per heavy atom. The third-order valence-corrected chi connectivity index (χ3v) is 5.41. The molecule has 0 bridgehead atoms. The van der Waals surface area contributed by atoms with Crippen molar-refractivity contribution in [2.75, 3.05) is 25.1 Å². The molecule has 0 radical (unpaired) electrons. The number of rotatable bonds is 3. The van der Waals surface area contributed by atoms with E-state index < -0.39 is 0 Å². The van der Waals surface area contributed by atoms with E-state index in [2.05, 4.69) is 11.0 Å². The molecule has 3 heteroatoms. The van der Waals surface area contributed by atoms with Crippen molar-refractivity contribution in [1.29, 1.82) is 0 Å². The van der Waals surface area contributed by atoms with Crippen LogP contribution in [0.25, 0.3) is 0 Å². The largest absolute Gasteiger partial charge is 0.496 e. The van der Waals surface area contributed by atoms with Crippen LogP contribution < -0.4 is 9.64 Å². The van der Waals surface area contributed by atoms with Gasteiger partial charge in [-0.2, -0.15) is 0 Å². The molecule has 1 aliphatic carbocycles. The minimum Gasteiger partial charge on any atom is -0.496 e. The molecule has 0 N–H and O–H groups in total. The van der Waals surface area contributed by atoms with E-state index in [1.165, 1.54) is 38.5 Å². The molecular weight excluding hydrogens is 262 g/mol. The van der Waals surface area contributed by atoms with Gasteiger partial charge in [-0.25, -0.2) is 0 Å². The van der Waals surface area contributed by atoms with Gasteiger partial charge < -0.3 is 9.64 Å². The molecule has 1 aliphatic heterocycles. The first-order chi connectivity index (χ1) is 10.2. The van der Waals surface area contributed by atoms with Gasteiger partial charge in [-0.3, -0.25) is 4.79 Å². The summed E-state index contributed by atoms with van der Waals surface area (Å²) in [6.45, 7) is 3.75. The number of ether oxygens (including phenoxy) is 1. The number of methoxy groups -OCH3 is 1. The number of hydrogen-bond acceptors (Lipinski definition) is 3. The van der Waals surface area contributed by atoms with Crippen molar-refractivity contribution in [3.8, 4) is 5.75 Å². The zero-order valence-corrected chi connectivity index (χ0v) is 13.2. The van der Waals surface area contributed by atoms with Crippen LogP contribution in [0.4, 0.5) is 5.69 Å². The summed E-state index contributed by atoms with van der Waals surface area (Å²) in [6, 6.07) is 5.93.